The van der Waals surface area contributed by atoms with Crippen LogP contribution in [0.1, 0.15) is 82.4 Å². The molecule has 1 heterocycles. The molecule has 0 saturated carbocycles. The second-order valence-corrected chi connectivity index (χ2v) is 15.9. The second-order valence-electron chi connectivity index (χ2n) is 15.9. The molecular weight excluding hydrogens is 731 g/mol. The van der Waals surface area contributed by atoms with E-state index < -0.39 is 42.1 Å². The van der Waals surface area contributed by atoms with Gasteiger partial charge in [-0.2, -0.15) is 0 Å². The number of hydrogen-bond acceptors (Lipinski definition) is 7. The van der Waals surface area contributed by atoms with Crippen molar-refractivity contribution < 1.29 is 29.0 Å². The van der Waals surface area contributed by atoms with E-state index in [1.165, 1.54) is 5.56 Å². The Morgan fingerprint density at radius 3 is 2.10 bits per heavy atom. The lowest BCUT2D eigenvalue weighted by atomic mass is 9.95. The lowest BCUT2D eigenvalue weighted by Gasteiger charge is -2.33. The monoisotopic (exact) mass is 791 g/mol. The molecule has 0 spiro atoms. The Bertz CT molecular complexity index is 1890. The average Bonchev–Trinajstić information content (AvgIpc) is 3.22. The van der Waals surface area contributed by atoms with Crippen LogP contribution in [0.2, 0.25) is 0 Å². The Morgan fingerprint density at radius 1 is 0.776 bits per heavy atom. The molecule has 1 aliphatic heterocycles. The van der Waals surface area contributed by atoms with Crippen LogP contribution in [0, 0.1) is 5.92 Å². The van der Waals surface area contributed by atoms with Gasteiger partial charge in [-0.25, -0.2) is 4.79 Å². The van der Waals surface area contributed by atoms with E-state index >= 15 is 0 Å². The number of rotatable bonds is 20. The van der Waals surface area contributed by atoms with Gasteiger partial charge in [0.15, 0.2) is 0 Å². The van der Waals surface area contributed by atoms with Gasteiger partial charge >= 0.3 is 6.09 Å². The Balaban J connectivity index is 1.22. The van der Waals surface area contributed by atoms with E-state index in [1.807, 2.05) is 112 Å². The minimum Gasteiger partial charge on any atom is -0.445 e. The van der Waals surface area contributed by atoms with Crippen molar-refractivity contribution in [3.8, 4) is 0 Å². The zero-order chi connectivity index (χ0) is 41.3. The van der Waals surface area contributed by atoms with Gasteiger partial charge in [0, 0.05) is 32.1 Å². The largest absolute Gasteiger partial charge is 0.445 e. The first kappa shape index (κ1) is 43.9. The zero-order valence-corrected chi connectivity index (χ0v) is 34.2. The van der Waals surface area contributed by atoms with Gasteiger partial charge in [-0.15, -0.1) is 0 Å². The summed E-state index contributed by atoms with van der Waals surface area (Å²) in [6.45, 7) is 8.62. The molecule has 11 heteroatoms. The minimum absolute atomic E-state index is 0.0181. The molecule has 4 amide bonds. The molecule has 5 N–H and O–H groups in total. The average molecular weight is 792 g/mol. The molecule has 1 aliphatic rings. The fourth-order valence-electron chi connectivity index (χ4n) is 7.56. The van der Waals surface area contributed by atoms with E-state index in [-0.39, 0.29) is 37.3 Å². The molecule has 5 rings (SSSR count). The number of likely N-dealkylation sites (tertiary alicyclic amines) is 1. The van der Waals surface area contributed by atoms with Crippen molar-refractivity contribution in [2.45, 2.75) is 116 Å². The number of nitrogens with zero attached hydrogens (tertiary/aromatic N) is 1. The summed E-state index contributed by atoms with van der Waals surface area (Å²) in [7, 11) is 0. The van der Waals surface area contributed by atoms with Gasteiger partial charge in [0.1, 0.15) is 18.7 Å². The first-order valence-electron chi connectivity index (χ1n) is 20.9. The van der Waals surface area contributed by atoms with Gasteiger partial charge < -0.3 is 31.1 Å². The number of amides is 4. The maximum absolute atomic E-state index is 14.1. The summed E-state index contributed by atoms with van der Waals surface area (Å²) in [6, 6.07) is 30.6. The van der Waals surface area contributed by atoms with Crippen LogP contribution in [-0.4, -0.2) is 77.2 Å². The Hall–Kier alpha value is -5.26. The van der Waals surface area contributed by atoms with Crippen molar-refractivity contribution >= 4 is 34.6 Å². The predicted octanol–water partition coefficient (Wildman–Crippen LogP) is 6.42. The smallest absolute Gasteiger partial charge is 0.408 e. The second kappa shape index (κ2) is 22.6. The minimum atomic E-state index is -1.13. The number of unbranched alkanes of at least 4 members (excludes halogenated alkanes) is 1. The lowest BCUT2D eigenvalue weighted by molar-refractivity contribution is -0.131. The van der Waals surface area contributed by atoms with Gasteiger partial charge in [-0.05, 0) is 59.1 Å². The molecule has 0 radical (unpaired) electrons. The Labute approximate surface area is 343 Å². The number of nitrogens with one attached hydrogen (secondary N) is 4. The maximum Gasteiger partial charge on any atom is 0.408 e. The third kappa shape index (κ3) is 14.0. The summed E-state index contributed by atoms with van der Waals surface area (Å²) < 4.78 is 5.50. The van der Waals surface area contributed by atoms with Crippen molar-refractivity contribution in [3.05, 3.63) is 120 Å². The summed E-state index contributed by atoms with van der Waals surface area (Å²) in [5.41, 5.74) is 2.92. The normalized spacial score (nSPS) is 15.5. The number of carbonyl (C=O) groups excluding carboxylic acids is 4. The van der Waals surface area contributed by atoms with Crippen LogP contribution >= 0.6 is 0 Å². The number of alkyl carbamates (subject to hydrolysis) is 1. The highest BCUT2D eigenvalue weighted by Crippen LogP contribution is 2.21. The molecule has 4 aromatic rings. The van der Waals surface area contributed by atoms with Gasteiger partial charge in [0.2, 0.25) is 17.7 Å². The van der Waals surface area contributed by atoms with Crippen LogP contribution < -0.4 is 21.3 Å². The quantitative estimate of drug-likeness (QED) is 0.0695. The van der Waals surface area contributed by atoms with Crippen molar-refractivity contribution in [2.24, 2.45) is 5.92 Å². The number of aliphatic hydroxyl groups excluding tert-OH is 1. The Morgan fingerprint density at radius 2 is 1.41 bits per heavy atom. The zero-order valence-electron chi connectivity index (χ0n) is 34.2. The molecule has 4 aromatic carbocycles. The van der Waals surface area contributed by atoms with Gasteiger partial charge in [-0.3, -0.25) is 19.3 Å². The molecule has 11 nitrogen and oxygen atoms in total. The number of benzene rings is 4. The molecule has 0 bridgehead atoms. The maximum atomic E-state index is 14.1. The van der Waals surface area contributed by atoms with E-state index in [9.17, 15) is 24.3 Å². The molecule has 1 saturated heterocycles. The van der Waals surface area contributed by atoms with E-state index in [0.717, 1.165) is 60.8 Å². The van der Waals surface area contributed by atoms with E-state index in [4.69, 9.17) is 4.74 Å². The highest BCUT2D eigenvalue weighted by molar-refractivity contribution is 5.92. The first-order chi connectivity index (χ1) is 28.1. The first-order valence-corrected chi connectivity index (χ1v) is 20.9. The summed E-state index contributed by atoms with van der Waals surface area (Å²) in [5.74, 6) is -1.13. The standard InChI is InChI=1S/C47H61N5O6/c1-4-5-23-40(45(55)50-41(28-33(2)3)43(53)30-44(54)48-38-24-26-52(27-25-38)31-34-15-8-6-9-16-34)49-46(56)42(51-47(57)58-32-35-17-10-7-11-18-35)29-37-21-14-20-36-19-12-13-22-39(36)37/h6-22,33,38,40-43,53H,4-5,23-32H2,1-3H3,(H,48,54)(H,49,56)(H,50,55)(H,51,57)/t40-,41-,42-,43-/m0/s1. The van der Waals surface area contributed by atoms with Crippen LogP contribution in [0.3, 0.4) is 0 Å². The van der Waals surface area contributed by atoms with Crippen LogP contribution in [0.25, 0.3) is 10.8 Å². The molecule has 1 fully saturated rings. The van der Waals surface area contributed by atoms with Crippen molar-refractivity contribution in [2.75, 3.05) is 13.1 Å². The SMILES string of the molecule is CCCC[C@H](NC(=O)[C@H](Cc1cccc2ccccc12)NC(=O)OCc1ccccc1)C(=O)N[C@@H](CC(C)C)[C@@H](O)CC(=O)NC1CCN(Cc2ccccc2)CC1. The van der Waals surface area contributed by atoms with Crippen molar-refractivity contribution in [1.29, 1.82) is 0 Å². The number of hydrogen-bond donors (Lipinski definition) is 5. The molecule has 310 valence electrons. The van der Waals surface area contributed by atoms with E-state index in [0.29, 0.717) is 19.3 Å². The van der Waals surface area contributed by atoms with E-state index in [1.54, 1.807) is 0 Å². The summed E-state index contributed by atoms with van der Waals surface area (Å²) in [4.78, 5) is 56.9. The topological polar surface area (TPSA) is 149 Å². The van der Waals surface area contributed by atoms with Crippen LogP contribution in [0.5, 0.6) is 0 Å². The molecule has 0 aliphatic carbocycles. The number of aliphatic hydroxyl groups is 1. The highest BCUT2D eigenvalue weighted by atomic mass is 16.5. The summed E-state index contributed by atoms with van der Waals surface area (Å²) >= 11 is 0. The fourth-order valence-corrected chi connectivity index (χ4v) is 7.56. The third-order valence-electron chi connectivity index (χ3n) is 10.7. The van der Waals surface area contributed by atoms with Gasteiger partial charge in [-0.1, -0.05) is 137 Å². The summed E-state index contributed by atoms with van der Waals surface area (Å²) in [6.07, 6.45) is 1.98. The lowest BCUT2D eigenvalue weighted by Crippen LogP contribution is -2.57. The van der Waals surface area contributed by atoms with Crippen LogP contribution in [-0.2, 0) is 38.7 Å². The summed E-state index contributed by atoms with van der Waals surface area (Å²) in [5, 5.41) is 25.1. The van der Waals surface area contributed by atoms with E-state index in [2.05, 4.69) is 38.3 Å². The predicted molar refractivity (Wildman–Crippen MR) is 228 cm³/mol. The molecule has 4 atom stereocenters. The molecule has 0 unspecified atom stereocenters. The third-order valence-corrected chi connectivity index (χ3v) is 10.7. The van der Waals surface area contributed by atoms with Gasteiger partial charge in [0.25, 0.3) is 0 Å². The Kier molecular flexibility index (Phi) is 17.1. The fraction of sp³-hybridized carbons (Fsp3) is 0.447. The number of piperidine rings is 1. The molecular formula is C47H61N5O6. The number of carbonyl (C=O) groups is 4. The van der Waals surface area contributed by atoms with Crippen LogP contribution in [0.15, 0.2) is 103 Å². The van der Waals surface area contributed by atoms with Gasteiger partial charge in [0.05, 0.1) is 18.6 Å². The molecule has 58 heavy (non-hydrogen) atoms. The van der Waals surface area contributed by atoms with Crippen molar-refractivity contribution in [3.63, 3.8) is 0 Å². The number of fused-ring (bicyclic) bond motifs is 1. The number of ether oxygens (including phenoxy) is 1. The van der Waals surface area contributed by atoms with Crippen molar-refractivity contribution in [1.82, 2.24) is 26.2 Å². The molecule has 0 aromatic heterocycles. The highest BCUT2D eigenvalue weighted by Gasteiger charge is 2.32. The van der Waals surface area contributed by atoms with Crippen LogP contribution in [0.4, 0.5) is 4.79 Å².